The molecule has 0 radical (unpaired) electrons. The van der Waals surface area contributed by atoms with Crippen molar-refractivity contribution in [2.75, 3.05) is 6.61 Å². The summed E-state index contributed by atoms with van der Waals surface area (Å²) < 4.78 is 41.6. The molecule has 0 aliphatic carbocycles. The topological polar surface area (TPSA) is 58.2 Å². The van der Waals surface area contributed by atoms with E-state index >= 15 is 0 Å². The van der Waals surface area contributed by atoms with Crippen LogP contribution in [0.5, 0.6) is 5.75 Å². The minimum absolute atomic E-state index is 0.194. The summed E-state index contributed by atoms with van der Waals surface area (Å²) in [6.45, 7) is 1.93. The first kappa shape index (κ1) is 16.0. The highest BCUT2D eigenvalue weighted by molar-refractivity contribution is 9.08. The summed E-state index contributed by atoms with van der Waals surface area (Å²) in [5, 5.41) is 15.0. The lowest BCUT2D eigenvalue weighted by Crippen LogP contribution is -2.16. The Hall–Kier alpha value is -1.06. The number of aromatic nitrogens is 1. The number of nitrogens with one attached hydrogen (secondary N) is 1. The van der Waals surface area contributed by atoms with Gasteiger partial charge in [0.1, 0.15) is 5.75 Å². The van der Waals surface area contributed by atoms with E-state index < -0.39 is 6.36 Å². The fourth-order valence-electron chi connectivity index (χ4n) is 1.19. The average molecular weight is 359 g/mol. The summed E-state index contributed by atoms with van der Waals surface area (Å²) in [7, 11) is 0. The molecule has 0 aliphatic heterocycles. The Kier molecular flexibility index (Phi) is 5.39. The standard InChI is InChI=1S/C8H4BrF3N2OS.C2H6O/c9-14-5-2-1-4(15-8(10,11)12)3-6(5)16-7(14)13;1-2-3/h1-3,13H;3H,2H2,1H3. The number of halogens is 4. The van der Waals surface area contributed by atoms with Gasteiger partial charge in [0.15, 0.2) is 4.80 Å². The van der Waals surface area contributed by atoms with E-state index in [1.165, 1.54) is 21.8 Å². The van der Waals surface area contributed by atoms with Crippen molar-refractivity contribution < 1.29 is 23.0 Å². The van der Waals surface area contributed by atoms with E-state index in [2.05, 4.69) is 20.9 Å². The number of alkyl halides is 3. The highest BCUT2D eigenvalue weighted by Crippen LogP contribution is 2.28. The van der Waals surface area contributed by atoms with Gasteiger partial charge in [0.2, 0.25) is 0 Å². The number of fused-ring (bicyclic) bond motifs is 1. The number of nitrogens with zero attached hydrogens (tertiary/aromatic N) is 1. The minimum atomic E-state index is -4.70. The van der Waals surface area contributed by atoms with Gasteiger partial charge < -0.3 is 9.84 Å². The van der Waals surface area contributed by atoms with Crippen molar-refractivity contribution in [2.24, 2.45) is 0 Å². The van der Waals surface area contributed by atoms with E-state index in [0.717, 1.165) is 11.3 Å². The monoisotopic (exact) mass is 358 g/mol. The fraction of sp³-hybridized carbons (Fsp3) is 0.300. The third-order valence-corrected chi connectivity index (χ3v) is 3.66. The van der Waals surface area contributed by atoms with E-state index in [-0.39, 0.29) is 17.2 Å². The second kappa shape index (κ2) is 6.40. The van der Waals surface area contributed by atoms with Gasteiger partial charge in [-0.1, -0.05) is 11.3 Å². The maximum atomic E-state index is 12.0. The first-order chi connectivity index (χ1) is 8.78. The molecule has 9 heteroatoms. The van der Waals surface area contributed by atoms with E-state index in [4.69, 9.17) is 10.5 Å². The Morgan fingerprint density at radius 3 is 2.58 bits per heavy atom. The van der Waals surface area contributed by atoms with Crippen molar-refractivity contribution in [3.8, 4) is 5.75 Å². The summed E-state index contributed by atoms with van der Waals surface area (Å²) in [6, 6.07) is 3.92. The van der Waals surface area contributed by atoms with Gasteiger partial charge in [0.05, 0.1) is 26.4 Å². The lowest BCUT2D eigenvalue weighted by atomic mass is 10.3. The molecule has 0 unspecified atom stereocenters. The van der Waals surface area contributed by atoms with Crippen LogP contribution in [0.4, 0.5) is 13.2 Å². The summed E-state index contributed by atoms with van der Waals surface area (Å²) >= 11 is 4.17. The third kappa shape index (κ3) is 4.51. The largest absolute Gasteiger partial charge is 0.573 e. The van der Waals surface area contributed by atoms with Crippen molar-refractivity contribution in [1.29, 1.82) is 5.41 Å². The number of aliphatic hydroxyl groups excluding tert-OH is 1. The number of thiazole rings is 1. The summed E-state index contributed by atoms with van der Waals surface area (Å²) in [5.74, 6) is -0.283. The number of benzene rings is 1. The van der Waals surface area contributed by atoms with Gasteiger partial charge in [-0.15, -0.1) is 13.2 Å². The zero-order chi connectivity index (χ0) is 14.6. The van der Waals surface area contributed by atoms with Crippen LogP contribution >= 0.6 is 27.5 Å². The normalized spacial score (nSPS) is 11.1. The number of hydrogen-bond acceptors (Lipinski definition) is 4. The number of ether oxygens (including phenoxy) is 1. The second-order valence-corrected chi connectivity index (χ2v) is 4.92. The zero-order valence-corrected chi connectivity index (χ0v) is 12.1. The molecule has 0 spiro atoms. The number of rotatable bonds is 1. The molecule has 2 N–H and O–H groups in total. The smallest absolute Gasteiger partial charge is 0.406 e. The molecule has 2 rings (SSSR count). The van der Waals surface area contributed by atoms with Crippen LogP contribution in [-0.4, -0.2) is 21.7 Å². The Balaban J connectivity index is 0.000000550. The van der Waals surface area contributed by atoms with Crippen LogP contribution in [0.25, 0.3) is 10.2 Å². The van der Waals surface area contributed by atoms with Gasteiger partial charge >= 0.3 is 6.36 Å². The predicted molar refractivity (Wildman–Crippen MR) is 69.4 cm³/mol. The molecule has 2 aromatic rings. The molecule has 0 aliphatic rings. The Labute approximate surface area is 118 Å². The number of aliphatic hydroxyl groups is 1. The lowest BCUT2D eigenvalue weighted by molar-refractivity contribution is -0.274. The van der Waals surface area contributed by atoms with Crippen molar-refractivity contribution >= 4 is 37.7 Å². The van der Waals surface area contributed by atoms with Gasteiger partial charge in [-0.25, -0.2) is 0 Å². The summed E-state index contributed by atoms with van der Waals surface area (Å²) in [5.41, 5.74) is 0.629. The molecular weight excluding hydrogens is 349 g/mol. The van der Waals surface area contributed by atoms with Crippen molar-refractivity contribution in [1.82, 2.24) is 3.59 Å². The van der Waals surface area contributed by atoms with E-state index in [1.807, 2.05) is 0 Å². The quantitative estimate of drug-likeness (QED) is 0.821. The minimum Gasteiger partial charge on any atom is -0.406 e. The maximum absolute atomic E-state index is 12.0. The van der Waals surface area contributed by atoms with Crippen LogP contribution in [0.1, 0.15) is 6.92 Å². The van der Waals surface area contributed by atoms with E-state index in [9.17, 15) is 13.2 Å². The van der Waals surface area contributed by atoms with Gasteiger partial charge in [0.25, 0.3) is 0 Å². The average Bonchev–Trinajstić information content (AvgIpc) is 2.53. The third-order valence-electron chi connectivity index (χ3n) is 1.76. The number of hydrogen-bond donors (Lipinski definition) is 2. The zero-order valence-electron chi connectivity index (χ0n) is 9.66. The van der Waals surface area contributed by atoms with Crippen LogP contribution in [0, 0.1) is 5.41 Å². The molecule has 0 saturated heterocycles. The molecule has 0 atom stereocenters. The van der Waals surface area contributed by atoms with Crippen LogP contribution in [0.15, 0.2) is 18.2 Å². The molecule has 1 aromatic heterocycles. The van der Waals surface area contributed by atoms with Crippen LogP contribution in [0.2, 0.25) is 0 Å². The Morgan fingerprint density at radius 2 is 2.05 bits per heavy atom. The first-order valence-corrected chi connectivity index (χ1v) is 6.54. The molecule has 0 bridgehead atoms. The van der Waals surface area contributed by atoms with Crippen LogP contribution in [0.3, 0.4) is 0 Å². The molecule has 1 aromatic carbocycles. The highest BCUT2D eigenvalue weighted by atomic mass is 79.9. The summed E-state index contributed by atoms with van der Waals surface area (Å²) in [4.78, 5) is 0.194. The van der Waals surface area contributed by atoms with Crippen LogP contribution in [-0.2, 0) is 0 Å². The van der Waals surface area contributed by atoms with Crippen molar-refractivity contribution in [3.05, 3.63) is 23.0 Å². The van der Waals surface area contributed by atoms with Gasteiger partial charge in [-0.05, 0) is 25.1 Å². The van der Waals surface area contributed by atoms with E-state index in [0.29, 0.717) is 10.2 Å². The molecule has 106 valence electrons. The molecular formula is C10H10BrF3N2O2S. The molecule has 0 saturated carbocycles. The second-order valence-electron chi connectivity index (χ2n) is 3.18. The van der Waals surface area contributed by atoms with Crippen molar-refractivity contribution in [3.63, 3.8) is 0 Å². The molecule has 4 nitrogen and oxygen atoms in total. The molecule has 19 heavy (non-hydrogen) atoms. The predicted octanol–water partition coefficient (Wildman–Crippen LogP) is 3.24. The first-order valence-electron chi connectivity index (χ1n) is 5.01. The Morgan fingerprint density at radius 1 is 1.47 bits per heavy atom. The molecule has 1 heterocycles. The molecule has 0 fully saturated rings. The maximum Gasteiger partial charge on any atom is 0.573 e. The molecule has 0 amide bonds. The summed E-state index contributed by atoms with van der Waals surface area (Å²) in [6.07, 6.45) is -4.70. The van der Waals surface area contributed by atoms with Gasteiger partial charge in [0, 0.05) is 6.61 Å². The SMILES string of the molecule is CCO.N=c1sc2cc(OC(F)(F)F)ccc2n1Br. The van der Waals surface area contributed by atoms with Gasteiger partial charge in [-0.2, -0.15) is 0 Å². The van der Waals surface area contributed by atoms with E-state index in [1.54, 1.807) is 6.92 Å². The Bertz CT molecular complexity index is 609. The lowest BCUT2D eigenvalue weighted by Gasteiger charge is -2.08. The van der Waals surface area contributed by atoms with Crippen LogP contribution < -0.4 is 9.54 Å². The van der Waals surface area contributed by atoms with Crippen molar-refractivity contribution in [2.45, 2.75) is 13.3 Å². The highest BCUT2D eigenvalue weighted by Gasteiger charge is 2.31. The fourth-order valence-corrected chi connectivity index (χ4v) is 2.66. The van der Waals surface area contributed by atoms with Gasteiger partial charge in [-0.3, -0.25) is 9.00 Å².